The van der Waals surface area contributed by atoms with Gasteiger partial charge in [-0.15, -0.1) is 11.3 Å². The van der Waals surface area contributed by atoms with Crippen molar-refractivity contribution in [3.05, 3.63) is 22.4 Å². The molecule has 94 valence electrons. The van der Waals surface area contributed by atoms with E-state index in [0.29, 0.717) is 0 Å². The molecule has 1 aliphatic heterocycles. The monoisotopic (exact) mass is 252 g/mol. The van der Waals surface area contributed by atoms with Crippen molar-refractivity contribution in [2.75, 3.05) is 20.1 Å². The van der Waals surface area contributed by atoms with Gasteiger partial charge >= 0.3 is 0 Å². The van der Waals surface area contributed by atoms with Crippen molar-refractivity contribution >= 4 is 17.2 Å². The minimum absolute atomic E-state index is 0.0529. The summed E-state index contributed by atoms with van der Waals surface area (Å²) in [6.07, 6.45) is 4.32. The lowest BCUT2D eigenvalue weighted by atomic mass is 10.0. The van der Waals surface area contributed by atoms with Crippen molar-refractivity contribution in [3.8, 4) is 0 Å². The van der Waals surface area contributed by atoms with Crippen molar-refractivity contribution in [3.63, 3.8) is 0 Å². The number of hydrogen-bond donors (Lipinski definition) is 1. The topological polar surface area (TPSA) is 32.3 Å². The van der Waals surface area contributed by atoms with Gasteiger partial charge in [0.2, 0.25) is 5.91 Å². The lowest BCUT2D eigenvalue weighted by Gasteiger charge is -2.27. The van der Waals surface area contributed by atoms with E-state index in [-0.39, 0.29) is 11.9 Å². The van der Waals surface area contributed by atoms with Gasteiger partial charge in [0.15, 0.2) is 0 Å². The van der Waals surface area contributed by atoms with Crippen LogP contribution in [0.15, 0.2) is 17.5 Å². The molecule has 1 fully saturated rings. The molecule has 0 bridgehead atoms. The number of piperidine rings is 1. The van der Waals surface area contributed by atoms with E-state index < -0.39 is 0 Å². The van der Waals surface area contributed by atoms with E-state index in [9.17, 15) is 4.79 Å². The van der Waals surface area contributed by atoms with E-state index in [4.69, 9.17) is 0 Å². The van der Waals surface area contributed by atoms with Crippen LogP contribution >= 0.6 is 11.3 Å². The molecule has 2 heterocycles. The van der Waals surface area contributed by atoms with E-state index in [1.807, 2.05) is 11.9 Å². The van der Waals surface area contributed by atoms with Gasteiger partial charge in [-0.1, -0.05) is 12.5 Å². The van der Waals surface area contributed by atoms with Crippen LogP contribution in [-0.2, 0) is 11.2 Å². The quantitative estimate of drug-likeness (QED) is 0.887. The van der Waals surface area contributed by atoms with E-state index in [1.165, 1.54) is 17.7 Å². The summed E-state index contributed by atoms with van der Waals surface area (Å²) in [5, 5.41) is 5.39. The zero-order valence-electron chi connectivity index (χ0n) is 10.3. The Hall–Kier alpha value is -0.870. The molecular formula is C13H20N2OS. The lowest BCUT2D eigenvalue weighted by Crippen LogP contribution is -2.47. The van der Waals surface area contributed by atoms with Crippen molar-refractivity contribution in [1.29, 1.82) is 0 Å². The molecule has 1 amide bonds. The molecule has 1 atom stereocenters. The second kappa shape index (κ2) is 6.17. The largest absolute Gasteiger partial charge is 0.344 e. The fourth-order valence-electron chi connectivity index (χ4n) is 2.17. The van der Waals surface area contributed by atoms with Crippen molar-refractivity contribution < 1.29 is 4.79 Å². The summed E-state index contributed by atoms with van der Waals surface area (Å²) in [6, 6.07) is 4.24. The lowest BCUT2D eigenvalue weighted by molar-refractivity contribution is -0.132. The molecule has 1 unspecified atom stereocenters. The number of nitrogens with zero attached hydrogens (tertiary/aromatic N) is 1. The Kier molecular flexibility index (Phi) is 4.57. The normalized spacial score (nSPS) is 20.2. The third kappa shape index (κ3) is 3.54. The van der Waals surface area contributed by atoms with Crippen LogP contribution in [0.1, 0.15) is 24.1 Å². The molecule has 0 spiro atoms. The number of carbonyl (C=O) groups is 1. The van der Waals surface area contributed by atoms with Gasteiger partial charge in [-0.25, -0.2) is 0 Å². The van der Waals surface area contributed by atoms with Crippen LogP contribution < -0.4 is 5.32 Å². The maximum absolute atomic E-state index is 12.1. The van der Waals surface area contributed by atoms with Crippen LogP contribution in [-0.4, -0.2) is 37.0 Å². The summed E-state index contributed by atoms with van der Waals surface area (Å²) in [4.78, 5) is 15.3. The predicted molar refractivity (Wildman–Crippen MR) is 71.3 cm³/mol. The zero-order chi connectivity index (χ0) is 12.1. The fraction of sp³-hybridized carbons (Fsp3) is 0.615. The summed E-state index contributed by atoms with van der Waals surface area (Å²) >= 11 is 1.76. The van der Waals surface area contributed by atoms with E-state index in [2.05, 4.69) is 22.8 Å². The first-order valence-corrected chi connectivity index (χ1v) is 7.16. The predicted octanol–water partition coefficient (Wildman–Crippen LogP) is 1.89. The Bertz CT molecular complexity index is 344. The second-order valence-corrected chi connectivity index (χ2v) is 5.62. The van der Waals surface area contributed by atoms with Gasteiger partial charge in [0.05, 0.1) is 6.04 Å². The van der Waals surface area contributed by atoms with Gasteiger partial charge in [0.25, 0.3) is 0 Å². The highest BCUT2D eigenvalue weighted by Crippen LogP contribution is 2.12. The molecule has 3 nitrogen and oxygen atoms in total. The minimum atomic E-state index is 0.0529. The Labute approximate surface area is 107 Å². The SMILES string of the molecule is CN(CCc1cccs1)C(=O)C1CCCCN1. The number of likely N-dealkylation sites (N-methyl/N-ethyl adjacent to an activating group) is 1. The highest BCUT2D eigenvalue weighted by Gasteiger charge is 2.23. The molecule has 0 aliphatic carbocycles. The van der Waals surface area contributed by atoms with Crippen molar-refractivity contribution in [2.24, 2.45) is 0 Å². The number of amides is 1. The third-order valence-electron chi connectivity index (χ3n) is 3.26. The van der Waals surface area contributed by atoms with Gasteiger partial charge < -0.3 is 10.2 Å². The summed E-state index contributed by atoms with van der Waals surface area (Å²) in [5.74, 6) is 0.251. The molecule has 2 rings (SSSR count). The molecule has 0 radical (unpaired) electrons. The van der Waals surface area contributed by atoms with Crippen LogP contribution in [0.2, 0.25) is 0 Å². The highest BCUT2D eigenvalue weighted by molar-refractivity contribution is 7.09. The average molecular weight is 252 g/mol. The Morgan fingerprint density at radius 3 is 3.12 bits per heavy atom. The number of hydrogen-bond acceptors (Lipinski definition) is 3. The molecule has 0 aromatic carbocycles. The van der Waals surface area contributed by atoms with Gasteiger partial charge in [0.1, 0.15) is 0 Å². The summed E-state index contributed by atoms with van der Waals surface area (Å²) < 4.78 is 0. The molecule has 1 N–H and O–H groups in total. The molecule has 0 saturated carbocycles. The van der Waals surface area contributed by atoms with Crippen molar-refractivity contribution in [1.82, 2.24) is 10.2 Å². The van der Waals surface area contributed by atoms with Crippen LogP contribution in [0.25, 0.3) is 0 Å². The standard InChI is InChI=1S/C13H20N2OS/c1-15(9-7-11-5-4-10-17-11)13(16)12-6-2-3-8-14-12/h4-5,10,12,14H,2-3,6-9H2,1H3. The molecule has 1 aromatic heterocycles. The average Bonchev–Trinajstić information content (AvgIpc) is 2.89. The van der Waals surface area contributed by atoms with Crippen LogP contribution in [0.5, 0.6) is 0 Å². The number of thiophene rings is 1. The summed E-state index contributed by atoms with van der Waals surface area (Å²) in [7, 11) is 1.91. The van der Waals surface area contributed by atoms with Gasteiger partial charge in [0, 0.05) is 18.5 Å². The zero-order valence-corrected chi connectivity index (χ0v) is 11.1. The highest BCUT2D eigenvalue weighted by atomic mass is 32.1. The number of carbonyl (C=O) groups excluding carboxylic acids is 1. The fourth-order valence-corrected chi connectivity index (χ4v) is 2.87. The van der Waals surface area contributed by atoms with Crippen LogP contribution in [0.3, 0.4) is 0 Å². The molecule has 1 saturated heterocycles. The molecule has 1 aromatic rings. The van der Waals surface area contributed by atoms with E-state index in [1.54, 1.807) is 11.3 Å². The summed E-state index contributed by atoms with van der Waals surface area (Å²) in [5.41, 5.74) is 0. The van der Waals surface area contributed by atoms with Crippen LogP contribution in [0, 0.1) is 0 Å². The minimum Gasteiger partial charge on any atom is -0.344 e. The first-order chi connectivity index (χ1) is 8.27. The Morgan fingerprint density at radius 1 is 1.59 bits per heavy atom. The van der Waals surface area contributed by atoms with Gasteiger partial charge in [-0.3, -0.25) is 4.79 Å². The molecule has 17 heavy (non-hydrogen) atoms. The maximum atomic E-state index is 12.1. The summed E-state index contributed by atoms with van der Waals surface area (Å²) in [6.45, 7) is 1.80. The van der Waals surface area contributed by atoms with Crippen LogP contribution in [0.4, 0.5) is 0 Å². The smallest absolute Gasteiger partial charge is 0.239 e. The Balaban J connectivity index is 1.78. The number of rotatable bonds is 4. The van der Waals surface area contributed by atoms with E-state index in [0.717, 1.165) is 25.9 Å². The molecule has 1 aliphatic rings. The molecular weight excluding hydrogens is 232 g/mol. The maximum Gasteiger partial charge on any atom is 0.239 e. The van der Waals surface area contributed by atoms with E-state index >= 15 is 0 Å². The van der Waals surface area contributed by atoms with Gasteiger partial charge in [-0.05, 0) is 37.3 Å². The third-order valence-corrected chi connectivity index (χ3v) is 4.19. The second-order valence-electron chi connectivity index (χ2n) is 4.59. The number of nitrogens with one attached hydrogen (secondary N) is 1. The van der Waals surface area contributed by atoms with Gasteiger partial charge in [-0.2, -0.15) is 0 Å². The Morgan fingerprint density at radius 2 is 2.47 bits per heavy atom. The first kappa shape index (κ1) is 12.6. The van der Waals surface area contributed by atoms with Crippen molar-refractivity contribution in [2.45, 2.75) is 31.7 Å². The molecule has 4 heteroatoms. The first-order valence-electron chi connectivity index (χ1n) is 6.28.